The number of rotatable bonds is 4. The third kappa shape index (κ3) is 4.26. The monoisotopic (exact) mass is 239 g/mol. The lowest BCUT2D eigenvalue weighted by Crippen LogP contribution is -2.44. The molecule has 0 aromatic carbocycles. The Bertz CT molecular complexity index is 217. The molecule has 0 heterocycles. The second-order valence-corrected chi connectivity index (χ2v) is 6.49. The first-order valence-electron chi connectivity index (χ1n) is 7.59. The van der Waals surface area contributed by atoms with Crippen LogP contribution in [0.4, 0.5) is 0 Å². The lowest BCUT2D eigenvalue weighted by Gasteiger charge is -2.37. The van der Waals surface area contributed by atoms with Gasteiger partial charge in [0, 0.05) is 13.1 Å². The number of likely N-dealkylation sites (N-methyl/N-ethyl adjacent to an activating group) is 1. The van der Waals surface area contributed by atoms with Gasteiger partial charge in [-0.05, 0) is 38.6 Å². The third-order valence-corrected chi connectivity index (χ3v) is 4.64. The highest BCUT2D eigenvalue weighted by Gasteiger charge is 2.30. The Morgan fingerprint density at radius 2 is 1.59 bits per heavy atom. The van der Waals surface area contributed by atoms with E-state index in [0.29, 0.717) is 0 Å². The molecule has 2 saturated carbocycles. The molecule has 2 fully saturated rings. The van der Waals surface area contributed by atoms with Crippen molar-refractivity contribution >= 4 is 0 Å². The summed E-state index contributed by atoms with van der Waals surface area (Å²) in [5.74, 6) is 0.890. The van der Waals surface area contributed by atoms with Gasteiger partial charge in [0.25, 0.3) is 0 Å². The van der Waals surface area contributed by atoms with Crippen molar-refractivity contribution in [1.82, 2.24) is 4.90 Å². The smallest absolute Gasteiger partial charge is 0.0774 e. The summed E-state index contributed by atoms with van der Waals surface area (Å²) in [4.78, 5) is 2.39. The number of aliphatic hydroxyl groups is 1. The Kier molecular flexibility index (Phi) is 4.87. The fourth-order valence-corrected chi connectivity index (χ4v) is 3.75. The summed E-state index contributed by atoms with van der Waals surface area (Å²) in [6, 6.07) is 0. The molecule has 2 nitrogen and oxygen atoms in total. The average Bonchev–Trinajstić information content (AvgIpc) is 2.30. The zero-order valence-electron chi connectivity index (χ0n) is 11.5. The summed E-state index contributed by atoms with van der Waals surface area (Å²) in [5, 5.41) is 10.5. The standard InChI is InChI=1S/C15H29NO/c1-16(12-14-8-4-2-5-9-14)13-15(17)10-6-3-7-11-15/h14,17H,2-13H2,1H3. The highest BCUT2D eigenvalue weighted by molar-refractivity contribution is 4.85. The topological polar surface area (TPSA) is 23.5 Å². The molecule has 0 aromatic rings. The minimum Gasteiger partial charge on any atom is -0.389 e. The van der Waals surface area contributed by atoms with Crippen LogP contribution in [0.25, 0.3) is 0 Å². The molecule has 0 saturated heterocycles. The van der Waals surface area contributed by atoms with Crippen molar-refractivity contribution in [3.05, 3.63) is 0 Å². The molecule has 0 radical (unpaired) electrons. The van der Waals surface area contributed by atoms with E-state index >= 15 is 0 Å². The van der Waals surface area contributed by atoms with Crippen LogP contribution in [0, 0.1) is 5.92 Å². The van der Waals surface area contributed by atoms with Crippen molar-refractivity contribution in [3.63, 3.8) is 0 Å². The van der Waals surface area contributed by atoms with Crippen LogP contribution < -0.4 is 0 Å². The van der Waals surface area contributed by atoms with Crippen LogP contribution in [0.15, 0.2) is 0 Å². The molecule has 17 heavy (non-hydrogen) atoms. The van der Waals surface area contributed by atoms with E-state index in [2.05, 4.69) is 11.9 Å². The van der Waals surface area contributed by atoms with Crippen molar-refractivity contribution in [2.45, 2.75) is 69.8 Å². The molecule has 100 valence electrons. The van der Waals surface area contributed by atoms with E-state index in [1.54, 1.807) is 0 Å². The van der Waals surface area contributed by atoms with Crippen molar-refractivity contribution < 1.29 is 5.11 Å². The summed E-state index contributed by atoms with van der Waals surface area (Å²) in [6.07, 6.45) is 12.9. The van der Waals surface area contributed by atoms with E-state index in [4.69, 9.17) is 0 Å². The molecule has 0 unspecified atom stereocenters. The molecular formula is C15H29NO. The second kappa shape index (κ2) is 6.19. The highest BCUT2D eigenvalue weighted by Crippen LogP contribution is 2.30. The van der Waals surface area contributed by atoms with Gasteiger partial charge < -0.3 is 10.0 Å². The minimum atomic E-state index is -0.373. The van der Waals surface area contributed by atoms with Crippen LogP contribution in [0.2, 0.25) is 0 Å². The average molecular weight is 239 g/mol. The number of hydrogen-bond donors (Lipinski definition) is 1. The summed E-state index contributed by atoms with van der Waals surface area (Å²) >= 11 is 0. The molecule has 2 aliphatic carbocycles. The van der Waals surface area contributed by atoms with Crippen molar-refractivity contribution in [3.8, 4) is 0 Å². The number of hydrogen-bond acceptors (Lipinski definition) is 2. The summed E-state index contributed by atoms with van der Waals surface area (Å²) in [7, 11) is 2.20. The fourth-order valence-electron chi connectivity index (χ4n) is 3.75. The van der Waals surface area contributed by atoms with Crippen LogP contribution in [-0.2, 0) is 0 Å². The Balaban J connectivity index is 1.73. The Morgan fingerprint density at radius 3 is 2.24 bits per heavy atom. The molecule has 0 bridgehead atoms. The van der Waals surface area contributed by atoms with Gasteiger partial charge in [0.1, 0.15) is 0 Å². The van der Waals surface area contributed by atoms with Crippen LogP contribution in [-0.4, -0.2) is 35.7 Å². The summed E-state index contributed by atoms with van der Waals surface area (Å²) in [6.45, 7) is 2.09. The molecule has 0 aromatic heterocycles. The van der Waals surface area contributed by atoms with Crippen molar-refractivity contribution in [1.29, 1.82) is 0 Å². The molecule has 1 N–H and O–H groups in total. The van der Waals surface area contributed by atoms with E-state index in [1.807, 2.05) is 0 Å². The minimum absolute atomic E-state index is 0.373. The highest BCUT2D eigenvalue weighted by atomic mass is 16.3. The van der Waals surface area contributed by atoms with Gasteiger partial charge in [-0.3, -0.25) is 0 Å². The molecule has 0 atom stereocenters. The van der Waals surface area contributed by atoms with Gasteiger partial charge in [-0.2, -0.15) is 0 Å². The normalized spacial score (nSPS) is 26.3. The van der Waals surface area contributed by atoms with Gasteiger partial charge in [0.15, 0.2) is 0 Å². The lowest BCUT2D eigenvalue weighted by molar-refractivity contribution is -0.0241. The predicted octanol–water partition coefficient (Wildman–Crippen LogP) is 3.19. The Labute approximate surface area is 106 Å². The Hall–Kier alpha value is -0.0800. The fraction of sp³-hybridized carbons (Fsp3) is 1.00. The molecule has 2 aliphatic rings. The predicted molar refractivity (Wildman–Crippen MR) is 72.1 cm³/mol. The van der Waals surface area contributed by atoms with Gasteiger partial charge in [-0.25, -0.2) is 0 Å². The van der Waals surface area contributed by atoms with E-state index in [1.165, 1.54) is 57.9 Å². The van der Waals surface area contributed by atoms with Crippen LogP contribution >= 0.6 is 0 Å². The van der Waals surface area contributed by atoms with Gasteiger partial charge in [0.2, 0.25) is 0 Å². The van der Waals surface area contributed by atoms with Crippen LogP contribution in [0.1, 0.15) is 64.2 Å². The van der Waals surface area contributed by atoms with E-state index in [0.717, 1.165) is 25.3 Å². The molecule has 0 aliphatic heterocycles. The quantitative estimate of drug-likeness (QED) is 0.814. The number of nitrogens with zero attached hydrogens (tertiary/aromatic N) is 1. The molecule has 2 rings (SSSR count). The first-order valence-corrected chi connectivity index (χ1v) is 7.59. The Morgan fingerprint density at radius 1 is 1.00 bits per heavy atom. The zero-order valence-corrected chi connectivity index (χ0v) is 11.5. The van der Waals surface area contributed by atoms with Gasteiger partial charge >= 0.3 is 0 Å². The maximum absolute atomic E-state index is 10.5. The van der Waals surface area contributed by atoms with Crippen molar-refractivity contribution in [2.75, 3.05) is 20.1 Å². The second-order valence-electron chi connectivity index (χ2n) is 6.49. The van der Waals surface area contributed by atoms with Gasteiger partial charge in [-0.1, -0.05) is 38.5 Å². The summed E-state index contributed by atoms with van der Waals surface area (Å²) < 4.78 is 0. The molecule has 0 spiro atoms. The van der Waals surface area contributed by atoms with Gasteiger partial charge in [0.05, 0.1) is 5.60 Å². The molecule has 2 heteroatoms. The van der Waals surface area contributed by atoms with E-state index in [9.17, 15) is 5.11 Å². The zero-order chi connectivity index (χ0) is 12.1. The van der Waals surface area contributed by atoms with Crippen LogP contribution in [0.3, 0.4) is 0 Å². The van der Waals surface area contributed by atoms with E-state index < -0.39 is 0 Å². The maximum atomic E-state index is 10.5. The van der Waals surface area contributed by atoms with Crippen molar-refractivity contribution in [2.24, 2.45) is 5.92 Å². The van der Waals surface area contributed by atoms with E-state index in [-0.39, 0.29) is 5.60 Å². The molecule has 0 amide bonds. The van der Waals surface area contributed by atoms with Gasteiger partial charge in [-0.15, -0.1) is 0 Å². The summed E-state index contributed by atoms with van der Waals surface area (Å²) in [5.41, 5.74) is -0.373. The third-order valence-electron chi connectivity index (χ3n) is 4.64. The van der Waals surface area contributed by atoms with Crippen LogP contribution in [0.5, 0.6) is 0 Å². The molecular weight excluding hydrogens is 210 g/mol. The largest absolute Gasteiger partial charge is 0.389 e. The first kappa shape index (κ1) is 13.4. The first-order chi connectivity index (χ1) is 8.18. The maximum Gasteiger partial charge on any atom is 0.0774 e. The lowest BCUT2D eigenvalue weighted by atomic mass is 9.84. The SMILES string of the molecule is CN(CC1CCCCC1)CC1(O)CCCCC1.